The van der Waals surface area contributed by atoms with Crippen LogP contribution in [0, 0.1) is 0 Å². The lowest BCUT2D eigenvalue weighted by molar-refractivity contribution is -0.274. The highest BCUT2D eigenvalue weighted by Gasteiger charge is 2.33. The summed E-state index contributed by atoms with van der Waals surface area (Å²) in [6.45, 7) is 1.29. The molecule has 0 aliphatic carbocycles. The van der Waals surface area contributed by atoms with Crippen molar-refractivity contribution in [3.8, 4) is 5.75 Å². The predicted molar refractivity (Wildman–Crippen MR) is 68.1 cm³/mol. The Morgan fingerprint density at radius 1 is 1.44 bits per heavy atom. The van der Waals surface area contributed by atoms with Crippen LogP contribution in [-0.4, -0.2) is 12.1 Å². The maximum atomic E-state index is 12.3. The van der Waals surface area contributed by atoms with Crippen molar-refractivity contribution in [2.45, 2.75) is 23.4 Å². The number of rotatable bonds is 4. The van der Waals surface area contributed by atoms with E-state index in [2.05, 4.69) is 36.6 Å². The number of halogens is 5. The molecule has 18 heavy (non-hydrogen) atoms. The molecular formula is C11H9Br2F3O2. The van der Waals surface area contributed by atoms with Gasteiger partial charge in [0.25, 0.3) is 0 Å². The van der Waals surface area contributed by atoms with Gasteiger partial charge in [-0.2, -0.15) is 0 Å². The predicted octanol–water partition coefficient (Wildman–Crippen LogP) is 4.51. The van der Waals surface area contributed by atoms with Crippen LogP contribution in [0.1, 0.15) is 22.9 Å². The van der Waals surface area contributed by atoms with Crippen LogP contribution in [0.5, 0.6) is 5.75 Å². The number of hydrogen-bond donors (Lipinski definition) is 0. The number of benzene rings is 1. The van der Waals surface area contributed by atoms with Crippen molar-refractivity contribution in [3.05, 3.63) is 29.3 Å². The number of carbonyl (C=O) groups excluding carboxylic acids is 1. The van der Waals surface area contributed by atoms with Crippen molar-refractivity contribution in [1.29, 1.82) is 0 Å². The van der Waals surface area contributed by atoms with Gasteiger partial charge in [0.15, 0.2) is 0 Å². The van der Waals surface area contributed by atoms with E-state index in [0.717, 1.165) is 0 Å². The van der Waals surface area contributed by atoms with Crippen molar-refractivity contribution in [3.63, 3.8) is 0 Å². The fraction of sp³-hybridized carbons (Fsp3) is 0.364. The molecule has 1 aromatic rings. The van der Waals surface area contributed by atoms with Crippen molar-refractivity contribution >= 4 is 37.6 Å². The maximum Gasteiger partial charge on any atom is 0.573 e. The summed E-state index contributed by atoms with van der Waals surface area (Å²) in [4.78, 5) is 10.5. The smallest absolute Gasteiger partial charge is 0.405 e. The topological polar surface area (TPSA) is 26.3 Å². The molecule has 1 atom stereocenters. The quantitative estimate of drug-likeness (QED) is 0.708. The van der Waals surface area contributed by atoms with Gasteiger partial charge in [-0.05, 0) is 18.6 Å². The summed E-state index contributed by atoms with van der Waals surface area (Å²) in [5, 5.41) is 0.326. The van der Waals surface area contributed by atoms with Gasteiger partial charge in [0.1, 0.15) is 16.4 Å². The third-order valence-electron chi connectivity index (χ3n) is 2.14. The maximum absolute atomic E-state index is 12.3. The lowest BCUT2D eigenvalue weighted by atomic mass is 10.0. The summed E-state index contributed by atoms with van der Waals surface area (Å²) < 4.78 is 40.8. The highest BCUT2D eigenvalue weighted by Crippen LogP contribution is 2.38. The van der Waals surface area contributed by atoms with Gasteiger partial charge in [-0.25, -0.2) is 0 Å². The van der Waals surface area contributed by atoms with E-state index < -0.39 is 11.2 Å². The lowest BCUT2D eigenvalue weighted by Gasteiger charge is -2.18. The molecule has 0 saturated carbocycles. The summed E-state index contributed by atoms with van der Waals surface area (Å²) in [5.41, 5.74) is 0.757. The monoisotopic (exact) mass is 388 g/mol. The Balaban J connectivity index is 3.29. The average molecular weight is 390 g/mol. The van der Waals surface area contributed by atoms with Crippen LogP contribution in [0.4, 0.5) is 13.2 Å². The molecule has 1 aromatic carbocycles. The standard InChI is InChI=1S/C11H9Br2F3O2/c1-6(17)10(13)9-7(5-12)3-2-4-8(9)18-11(14,15)16/h2-4,10H,5H2,1H3. The Morgan fingerprint density at radius 3 is 2.50 bits per heavy atom. The Hall–Kier alpha value is -0.560. The molecule has 0 N–H and O–H groups in total. The highest BCUT2D eigenvalue weighted by molar-refractivity contribution is 9.09. The third-order valence-corrected chi connectivity index (χ3v) is 3.84. The van der Waals surface area contributed by atoms with E-state index >= 15 is 0 Å². The van der Waals surface area contributed by atoms with Gasteiger partial charge in [0.05, 0.1) is 0 Å². The van der Waals surface area contributed by atoms with Crippen molar-refractivity contribution in [2.75, 3.05) is 0 Å². The first-order chi connectivity index (χ1) is 8.26. The van der Waals surface area contributed by atoms with Crippen LogP contribution in [0.3, 0.4) is 0 Å². The first kappa shape index (κ1) is 15.5. The average Bonchev–Trinajstić information content (AvgIpc) is 2.25. The normalized spacial score (nSPS) is 13.2. The molecule has 1 unspecified atom stereocenters. The molecule has 0 fully saturated rings. The Bertz CT molecular complexity index is 446. The van der Waals surface area contributed by atoms with Crippen molar-refractivity contribution < 1.29 is 22.7 Å². The zero-order chi connectivity index (χ0) is 13.9. The minimum atomic E-state index is -4.79. The molecule has 0 aliphatic heterocycles. The van der Waals surface area contributed by atoms with E-state index in [1.165, 1.54) is 19.1 Å². The van der Waals surface area contributed by atoms with E-state index in [4.69, 9.17) is 0 Å². The molecule has 0 aromatic heterocycles. The van der Waals surface area contributed by atoms with Crippen LogP contribution in [0.2, 0.25) is 0 Å². The summed E-state index contributed by atoms with van der Waals surface area (Å²) in [7, 11) is 0. The Kier molecular flexibility index (Phi) is 5.21. The molecule has 0 spiro atoms. The Labute approximate surface area is 119 Å². The van der Waals surface area contributed by atoms with Gasteiger partial charge in [0.2, 0.25) is 0 Å². The summed E-state index contributed by atoms with van der Waals surface area (Å²) in [6, 6.07) is 4.26. The zero-order valence-electron chi connectivity index (χ0n) is 9.22. The summed E-state index contributed by atoms with van der Waals surface area (Å²) >= 11 is 6.25. The van der Waals surface area contributed by atoms with Crippen LogP contribution in [0.15, 0.2) is 18.2 Å². The van der Waals surface area contributed by atoms with E-state index in [1.54, 1.807) is 6.07 Å². The number of hydrogen-bond acceptors (Lipinski definition) is 2. The fourth-order valence-electron chi connectivity index (χ4n) is 1.41. The van der Waals surface area contributed by atoms with Gasteiger partial charge in [0, 0.05) is 10.9 Å². The number of ketones is 1. The molecule has 2 nitrogen and oxygen atoms in total. The second kappa shape index (κ2) is 6.06. The molecule has 0 heterocycles. The Morgan fingerprint density at radius 2 is 2.06 bits per heavy atom. The lowest BCUT2D eigenvalue weighted by Crippen LogP contribution is -2.19. The van der Waals surface area contributed by atoms with Gasteiger partial charge >= 0.3 is 6.36 Å². The van der Waals surface area contributed by atoms with E-state index in [9.17, 15) is 18.0 Å². The van der Waals surface area contributed by atoms with Gasteiger partial charge in [-0.3, -0.25) is 4.79 Å². The van der Waals surface area contributed by atoms with Gasteiger partial charge in [-0.15, -0.1) is 13.2 Å². The van der Waals surface area contributed by atoms with Crippen LogP contribution >= 0.6 is 31.9 Å². The van der Waals surface area contributed by atoms with Crippen molar-refractivity contribution in [1.82, 2.24) is 0 Å². The molecule has 0 amide bonds. The zero-order valence-corrected chi connectivity index (χ0v) is 12.4. The highest BCUT2D eigenvalue weighted by atomic mass is 79.9. The summed E-state index contributed by atoms with van der Waals surface area (Å²) in [6.07, 6.45) is -4.79. The second-order valence-electron chi connectivity index (χ2n) is 3.48. The number of ether oxygens (including phenoxy) is 1. The molecule has 0 bridgehead atoms. The fourth-order valence-corrected chi connectivity index (χ4v) is 2.42. The molecule has 0 aliphatic rings. The molecule has 0 saturated heterocycles. The summed E-state index contributed by atoms with van der Waals surface area (Å²) in [5.74, 6) is -0.660. The van der Waals surface area contributed by atoms with Crippen LogP contribution in [-0.2, 0) is 10.1 Å². The third kappa shape index (κ3) is 3.98. The first-order valence-electron chi connectivity index (χ1n) is 4.84. The number of alkyl halides is 5. The number of Topliss-reactive ketones (excluding diaryl/α,β-unsaturated/α-hetero) is 1. The number of carbonyl (C=O) groups is 1. The molecule has 100 valence electrons. The minimum absolute atomic E-state index is 0.194. The van der Waals surface area contributed by atoms with Gasteiger partial charge in [-0.1, -0.05) is 44.0 Å². The molecule has 1 rings (SSSR count). The second-order valence-corrected chi connectivity index (χ2v) is 4.96. The molecule has 0 radical (unpaired) electrons. The first-order valence-corrected chi connectivity index (χ1v) is 6.88. The van der Waals surface area contributed by atoms with E-state index in [-0.39, 0.29) is 17.1 Å². The van der Waals surface area contributed by atoms with Crippen LogP contribution in [0.25, 0.3) is 0 Å². The largest absolute Gasteiger partial charge is 0.573 e. The molecular weight excluding hydrogens is 381 g/mol. The van der Waals surface area contributed by atoms with E-state index in [0.29, 0.717) is 10.9 Å². The minimum Gasteiger partial charge on any atom is -0.405 e. The van der Waals surface area contributed by atoms with Gasteiger partial charge < -0.3 is 4.74 Å². The van der Waals surface area contributed by atoms with Crippen LogP contribution < -0.4 is 4.74 Å². The van der Waals surface area contributed by atoms with Crippen molar-refractivity contribution in [2.24, 2.45) is 0 Å². The van der Waals surface area contributed by atoms with E-state index in [1.807, 2.05) is 0 Å². The SMILES string of the molecule is CC(=O)C(Br)c1c(CBr)cccc1OC(F)(F)F. The molecule has 7 heteroatoms.